The van der Waals surface area contributed by atoms with Crippen molar-refractivity contribution in [2.24, 2.45) is 11.8 Å². The molecule has 0 aromatic carbocycles. The van der Waals surface area contributed by atoms with Crippen LogP contribution in [0.5, 0.6) is 0 Å². The van der Waals surface area contributed by atoms with Crippen molar-refractivity contribution in [1.82, 2.24) is 15.5 Å². The molecule has 1 aliphatic carbocycles. The quantitative estimate of drug-likeness (QED) is 0.786. The Bertz CT molecular complexity index is 526. The normalized spacial score (nSPS) is 25.2. The largest absolute Gasteiger partial charge is 0.355 e. The molecule has 1 heterocycles. The summed E-state index contributed by atoms with van der Waals surface area (Å²) in [5, 5.41) is 15.6. The Balaban J connectivity index is 1.78. The van der Waals surface area contributed by atoms with Gasteiger partial charge in [0, 0.05) is 11.6 Å². The van der Waals surface area contributed by atoms with E-state index in [1.807, 2.05) is 0 Å². The van der Waals surface area contributed by atoms with Gasteiger partial charge in [0.25, 0.3) is 0 Å². The first-order chi connectivity index (χ1) is 10.7. The Hall–Kier alpha value is -0.820. The average Bonchev–Trinajstić information content (AvgIpc) is 2.87. The van der Waals surface area contributed by atoms with Gasteiger partial charge >= 0.3 is 0 Å². The summed E-state index contributed by atoms with van der Waals surface area (Å²) in [6, 6.07) is 0.319. The molecule has 3 atom stereocenters. The Morgan fingerprint density at radius 1 is 1.30 bits per heavy atom. The fourth-order valence-electron chi connectivity index (χ4n) is 2.80. The van der Waals surface area contributed by atoms with E-state index < -0.39 is 0 Å². The molecule has 130 valence electrons. The number of hydrogen-bond acceptors (Lipinski definition) is 6. The van der Waals surface area contributed by atoms with E-state index >= 15 is 0 Å². The maximum absolute atomic E-state index is 12.2. The standard InChI is InChI=1S/C16H28N4OS2/c1-10-7-6-8-12(11(10)2)17-13(21)9-22-15-20-19-14(23-15)18-16(3,4)5/h10-12H,6-9H2,1-5H3,(H,17,21)(H,18,19). The van der Waals surface area contributed by atoms with Crippen molar-refractivity contribution in [3.8, 4) is 0 Å². The highest BCUT2D eigenvalue weighted by Gasteiger charge is 2.28. The average molecular weight is 357 g/mol. The van der Waals surface area contributed by atoms with E-state index in [-0.39, 0.29) is 11.4 Å². The number of carbonyl (C=O) groups excluding carboxylic acids is 1. The molecule has 0 radical (unpaired) electrons. The third-order valence-electron chi connectivity index (χ3n) is 4.27. The van der Waals surface area contributed by atoms with E-state index in [0.717, 1.165) is 15.9 Å². The van der Waals surface area contributed by atoms with Gasteiger partial charge in [-0.25, -0.2) is 0 Å². The first-order valence-electron chi connectivity index (χ1n) is 8.28. The smallest absolute Gasteiger partial charge is 0.230 e. The predicted octanol–water partition coefficient (Wildman–Crippen LogP) is 3.78. The molecule has 0 spiro atoms. The molecular formula is C16H28N4OS2. The summed E-state index contributed by atoms with van der Waals surface area (Å²) in [7, 11) is 0. The van der Waals surface area contributed by atoms with Crippen LogP contribution >= 0.6 is 23.1 Å². The predicted molar refractivity (Wildman–Crippen MR) is 98.1 cm³/mol. The van der Waals surface area contributed by atoms with Crippen molar-refractivity contribution in [1.29, 1.82) is 0 Å². The lowest BCUT2D eigenvalue weighted by Gasteiger charge is -2.34. The zero-order valence-corrected chi connectivity index (χ0v) is 16.3. The topological polar surface area (TPSA) is 66.9 Å². The van der Waals surface area contributed by atoms with Gasteiger partial charge in [-0.1, -0.05) is 49.8 Å². The lowest BCUT2D eigenvalue weighted by atomic mass is 9.78. The summed E-state index contributed by atoms with van der Waals surface area (Å²) >= 11 is 2.96. The van der Waals surface area contributed by atoms with Gasteiger partial charge in [-0.15, -0.1) is 10.2 Å². The van der Waals surface area contributed by atoms with Gasteiger partial charge in [0.1, 0.15) is 0 Å². The monoisotopic (exact) mass is 356 g/mol. The highest BCUT2D eigenvalue weighted by Crippen LogP contribution is 2.30. The Morgan fingerprint density at radius 3 is 2.74 bits per heavy atom. The van der Waals surface area contributed by atoms with Crippen LogP contribution in [0.2, 0.25) is 0 Å². The Kier molecular flexibility index (Phi) is 6.31. The summed E-state index contributed by atoms with van der Waals surface area (Å²) in [6.07, 6.45) is 3.58. The maximum Gasteiger partial charge on any atom is 0.230 e. The van der Waals surface area contributed by atoms with E-state index in [4.69, 9.17) is 0 Å². The number of rotatable bonds is 5. The zero-order valence-electron chi connectivity index (χ0n) is 14.7. The molecular weight excluding hydrogens is 328 g/mol. The van der Waals surface area contributed by atoms with Gasteiger partial charge in [-0.3, -0.25) is 4.79 Å². The second-order valence-corrected chi connectivity index (χ2v) is 9.68. The second kappa shape index (κ2) is 7.83. The number of nitrogens with zero attached hydrogens (tertiary/aromatic N) is 2. The van der Waals surface area contributed by atoms with Crippen LogP contribution in [0.1, 0.15) is 53.9 Å². The Labute approximate surface area is 147 Å². The molecule has 2 rings (SSSR count). The molecule has 1 amide bonds. The maximum atomic E-state index is 12.2. The summed E-state index contributed by atoms with van der Waals surface area (Å²) in [6.45, 7) is 10.8. The molecule has 5 nitrogen and oxygen atoms in total. The third-order valence-corrected chi connectivity index (χ3v) is 6.24. The summed E-state index contributed by atoms with van der Waals surface area (Å²) in [5.74, 6) is 1.75. The van der Waals surface area contributed by atoms with Gasteiger partial charge in [-0.05, 0) is 39.0 Å². The van der Waals surface area contributed by atoms with Crippen molar-refractivity contribution in [3.63, 3.8) is 0 Å². The minimum absolute atomic E-state index is 0.0351. The fourth-order valence-corrected chi connectivity index (χ4v) is 4.57. The number of amides is 1. The SMILES string of the molecule is CC1CCCC(NC(=O)CSc2nnc(NC(C)(C)C)s2)C1C. The highest BCUT2D eigenvalue weighted by molar-refractivity contribution is 8.01. The summed E-state index contributed by atoms with van der Waals surface area (Å²) < 4.78 is 0.831. The first-order valence-corrected chi connectivity index (χ1v) is 10.1. The number of thioether (sulfide) groups is 1. The van der Waals surface area contributed by atoms with Crippen molar-refractivity contribution in [2.75, 3.05) is 11.1 Å². The molecule has 2 N–H and O–H groups in total. The van der Waals surface area contributed by atoms with Crippen LogP contribution in [0.15, 0.2) is 4.34 Å². The van der Waals surface area contributed by atoms with Gasteiger partial charge in [0.2, 0.25) is 11.0 Å². The van der Waals surface area contributed by atoms with Crippen LogP contribution in [-0.4, -0.2) is 33.4 Å². The first kappa shape index (κ1) is 18.5. The second-order valence-electron chi connectivity index (χ2n) is 7.48. The molecule has 1 aromatic rings. The summed E-state index contributed by atoms with van der Waals surface area (Å²) in [4.78, 5) is 12.2. The zero-order chi connectivity index (χ0) is 17.0. The van der Waals surface area contributed by atoms with E-state index in [2.05, 4.69) is 55.4 Å². The van der Waals surface area contributed by atoms with Gasteiger partial charge in [-0.2, -0.15) is 0 Å². The number of carbonyl (C=O) groups is 1. The molecule has 0 saturated heterocycles. The van der Waals surface area contributed by atoms with Crippen molar-refractivity contribution >= 4 is 34.1 Å². The molecule has 0 aliphatic heterocycles. The van der Waals surface area contributed by atoms with E-state index in [1.54, 1.807) is 0 Å². The number of nitrogens with one attached hydrogen (secondary N) is 2. The number of hydrogen-bond donors (Lipinski definition) is 2. The molecule has 1 aliphatic rings. The van der Waals surface area contributed by atoms with Crippen molar-refractivity contribution < 1.29 is 4.79 Å². The third kappa shape index (κ3) is 5.95. The molecule has 0 bridgehead atoms. The van der Waals surface area contributed by atoms with Crippen LogP contribution < -0.4 is 10.6 Å². The molecule has 1 aromatic heterocycles. The summed E-state index contributed by atoms with van der Waals surface area (Å²) in [5.41, 5.74) is -0.0351. The molecule has 1 fully saturated rings. The van der Waals surface area contributed by atoms with Gasteiger partial charge in [0.15, 0.2) is 4.34 Å². The highest BCUT2D eigenvalue weighted by atomic mass is 32.2. The van der Waals surface area contributed by atoms with E-state index in [0.29, 0.717) is 23.6 Å². The molecule has 3 unspecified atom stereocenters. The van der Waals surface area contributed by atoms with Crippen LogP contribution in [0.3, 0.4) is 0 Å². The van der Waals surface area contributed by atoms with Crippen LogP contribution in [-0.2, 0) is 4.79 Å². The minimum Gasteiger partial charge on any atom is -0.355 e. The molecule has 23 heavy (non-hydrogen) atoms. The molecule has 7 heteroatoms. The van der Waals surface area contributed by atoms with Gasteiger partial charge in [0.05, 0.1) is 5.75 Å². The van der Waals surface area contributed by atoms with Crippen molar-refractivity contribution in [3.05, 3.63) is 0 Å². The lowest BCUT2D eigenvalue weighted by molar-refractivity contribution is -0.119. The van der Waals surface area contributed by atoms with E-state index in [1.165, 1.54) is 35.9 Å². The van der Waals surface area contributed by atoms with Crippen LogP contribution in [0, 0.1) is 11.8 Å². The Morgan fingerprint density at radius 2 is 2.04 bits per heavy atom. The molecule has 1 saturated carbocycles. The van der Waals surface area contributed by atoms with E-state index in [9.17, 15) is 4.79 Å². The minimum atomic E-state index is -0.0351. The van der Waals surface area contributed by atoms with Crippen molar-refractivity contribution in [2.45, 2.75) is 69.8 Å². The van der Waals surface area contributed by atoms with Crippen LogP contribution in [0.25, 0.3) is 0 Å². The number of aromatic nitrogens is 2. The fraction of sp³-hybridized carbons (Fsp3) is 0.812. The van der Waals surface area contributed by atoms with Gasteiger partial charge < -0.3 is 10.6 Å². The number of anilines is 1. The lowest BCUT2D eigenvalue weighted by Crippen LogP contribution is -2.44. The van der Waals surface area contributed by atoms with Crippen LogP contribution in [0.4, 0.5) is 5.13 Å².